The number of piperidine rings is 1. The lowest BCUT2D eigenvalue weighted by Gasteiger charge is -2.22. The summed E-state index contributed by atoms with van der Waals surface area (Å²) in [6.45, 7) is 4.05. The van der Waals surface area contributed by atoms with E-state index in [4.69, 9.17) is 11.6 Å². The number of halogens is 1. The van der Waals surface area contributed by atoms with Crippen molar-refractivity contribution in [3.05, 3.63) is 90.3 Å². The number of fused-ring (bicyclic) bond motifs is 1. The Morgan fingerprint density at radius 2 is 1.78 bits per heavy atom. The van der Waals surface area contributed by atoms with Crippen molar-refractivity contribution < 1.29 is 9.59 Å². The van der Waals surface area contributed by atoms with Crippen molar-refractivity contribution in [3.63, 3.8) is 0 Å². The van der Waals surface area contributed by atoms with Crippen LogP contribution in [0.3, 0.4) is 0 Å². The molecule has 1 atom stereocenters. The van der Waals surface area contributed by atoms with Crippen molar-refractivity contribution in [2.45, 2.75) is 39.2 Å². The van der Waals surface area contributed by atoms with Gasteiger partial charge < -0.3 is 10.6 Å². The Balaban J connectivity index is 1.34. The molecule has 1 unspecified atom stereocenters. The number of nitrogens with zero attached hydrogens (tertiary/aromatic N) is 1. The zero-order chi connectivity index (χ0) is 25.6. The number of pyridine rings is 1. The molecule has 0 saturated carbocycles. The monoisotopic (exact) mass is 502 g/mol. The Labute approximate surface area is 211 Å². The quantitative estimate of drug-likeness (QED) is 0.269. The molecule has 1 aliphatic heterocycles. The van der Waals surface area contributed by atoms with Gasteiger partial charge in [-0.25, -0.2) is 0 Å². The van der Waals surface area contributed by atoms with Gasteiger partial charge in [-0.15, -0.1) is 0 Å². The van der Waals surface area contributed by atoms with Crippen LogP contribution in [-0.4, -0.2) is 16.8 Å². The van der Waals surface area contributed by atoms with Crippen molar-refractivity contribution >= 4 is 51.4 Å². The van der Waals surface area contributed by atoms with Gasteiger partial charge in [-0.05, 0) is 61.2 Å². The van der Waals surface area contributed by atoms with E-state index in [1.165, 1.54) is 0 Å². The fourth-order valence-corrected chi connectivity index (χ4v) is 4.64. The van der Waals surface area contributed by atoms with Crippen LogP contribution in [0.5, 0.6) is 0 Å². The second kappa shape index (κ2) is 9.20. The summed E-state index contributed by atoms with van der Waals surface area (Å²) >= 11 is 6.16. The number of hydrogen-bond donors (Lipinski definition) is 3. The maximum absolute atomic E-state index is 12.3. The summed E-state index contributed by atoms with van der Waals surface area (Å²) in [6.07, 6.45) is 0.775. The van der Waals surface area contributed by atoms with Crippen LogP contribution in [0.25, 0.3) is 10.9 Å². The van der Waals surface area contributed by atoms with Crippen molar-refractivity contribution in [2.24, 2.45) is 0 Å². The largest absolute Gasteiger partial charge is 0.376 e. The molecular weight excluding hydrogens is 480 g/mol. The number of benzene rings is 2. The molecule has 1 fully saturated rings. The Kier molecular flexibility index (Phi) is 6.05. The molecule has 0 spiro atoms. The Morgan fingerprint density at radius 3 is 2.53 bits per heavy atom. The number of rotatable bonds is 6. The summed E-state index contributed by atoms with van der Waals surface area (Å²) in [4.78, 5) is 52.8. The molecule has 1 aromatic heterocycles. The highest BCUT2D eigenvalue weighted by molar-refractivity contribution is 6.31. The van der Waals surface area contributed by atoms with Gasteiger partial charge in [-0.3, -0.25) is 29.5 Å². The van der Waals surface area contributed by atoms with E-state index in [0.717, 1.165) is 33.3 Å². The molecule has 0 radical (unpaired) electrons. The lowest BCUT2D eigenvalue weighted by Crippen LogP contribution is -2.39. The number of carbonyl (C=O) groups excluding carboxylic acids is 2. The van der Waals surface area contributed by atoms with Gasteiger partial charge in [-0.2, -0.15) is 0 Å². The first-order valence-corrected chi connectivity index (χ1v) is 11.9. The second-order valence-corrected chi connectivity index (χ2v) is 9.45. The van der Waals surface area contributed by atoms with E-state index < -0.39 is 16.8 Å². The number of nitrogens with one attached hydrogen (secondary N) is 3. The van der Waals surface area contributed by atoms with Crippen LogP contribution in [0.4, 0.5) is 17.1 Å². The van der Waals surface area contributed by atoms with Crippen LogP contribution in [0.15, 0.2) is 52.1 Å². The van der Waals surface area contributed by atoms with Gasteiger partial charge in [-0.1, -0.05) is 29.8 Å². The summed E-state index contributed by atoms with van der Waals surface area (Å²) in [5.41, 5.74) is 4.00. The summed E-state index contributed by atoms with van der Waals surface area (Å²) < 4.78 is 0. The summed E-state index contributed by atoms with van der Waals surface area (Å²) in [5.74, 6) is -0.936. The molecule has 36 heavy (non-hydrogen) atoms. The van der Waals surface area contributed by atoms with E-state index in [2.05, 4.69) is 20.9 Å². The number of aryl methyl sites for hydroxylation is 2. The first-order valence-electron chi connectivity index (χ1n) is 11.6. The highest BCUT2D eigenvalue weighted by atomic mass is 35.5. The molecule has 3 aromatic carbocycles. The third-order valence-corrected chi connectivity index (χ3v) is 6.95. The van der Waals surface area contributed by atoms with Crippen molar-refractivity contribution in [1.29, 1.82) is 0 Å². The first kappa shape index (κ1) is 23.7. The number of imide groups is 1. The molecule has 4 aromatic rings. The molecule has 182 valence electrons. The highest BCUT2D eigenvalue weighted by Gasteiger charge is 2.29. The van der Waals surface area contributed by atoms with E-state index in [9.17, 15) is 19.2 Å². The van der Waals surface area contributed by atoms with Crippen LogP contribution in [0.2, 0.25) is 5.02 Å². The third kappa shape index (κ3) is 4.35. The summed E-state index contributed by atoms with van der Waals surface area (Å²) in [6, 6.07) is 13.0. The molecule has 1 saturated heterocycles. The Bertz CT molecular complexity index is 1620. The zero-order valence-corrected chi connectivity index (χ0v) is 20.5. The first-order chi connectivity index (χ1) is 17.2. The number of anilines is 3. The maximum atomic E-state index is 12.3. The normalized spacial score (nSPS) is 15.8. The molecule has 3 N–H and O–H groups in total. The molecule has 0 aliphatic carbocycles. The van der Waals surface area contributed by atoms with E-state index in [1.807, 2.05) is 44.2 Å². The molecule has 9 heteroatoms. The predicted molar refractivity (Wildman–Crippen MR) is 140 cm³/mol. The fourth-order valence-electron chi connectivity index (χ4n) is 4.46. The van der Waals surface area contributed by atoms with Gasteiger partial charge >= 0.3 is 0 Å². The van der Waals surface area contributed by atoms with Gasteiger partial charge in [0.15, 0.2) is 0 Å². The van der Waals surface area contributed by atoms with Crippen molar-refractivity contribution in [2.75, 3.05) is 10.6 Å². The minimum absolute atomic E-state index is 0.212. The molecule has 1 aliphatic rings. The minimum Gasteiger partial charge on any atom is -0.376 e. The van der Waals surface area contributed by atoms with E-state index >= 15 is 0 Å². The number of amides is 2. The van der Waals surface area contributed by atoms with E-state index in [1.54, 1.807) is 12.1 Å². The number of hydrogen-bond acceptors (Lipinski definition) is 7. The average molecular weight is 503 g/mol. The number of carbonyl (C=O) groups is 2. The predicted octanol–water partition coefficient (Wildman–Crippen LogP) is 3.98. The topological polar surface area (TPSA) is 117 Å². The maximum Gasteiger partial charge on any atom is 0.253 e. The standard InChI is InChI=1S/C27H23ClN4O4/c1-13-3-6-17(11-20(13)28)31-24-23(25(34)26(24)35)29-12-15-4-5-16-10-19(14(2)30-21(16)9-15)18-7-8-22(33)32-27(18)36/h3-6,9-11,18,29,31H,7-8,12H2,1-2H3,(H,32,33,36). The molecule has 2 amide bonds. The van der Waals surface area contributed by atoms with Crippen LogP contribution >= 0.6 is 11.6 Å². The smallest absolute Gasteiger partial charge is 0.253 e. The number of aromatic nitrogens is 1. The Morgan fingerprint density at radius 1 is 1.00 bits per heavy atom. The van der Waals surface area contributed by atoms with Crippen LogP contribution in [-0.2, 0) is 16.1 Å². The zero-order valence-electron chi connectivity index (χ0n) is 19.7. The molecular formula is C27H23ClN4O4. The van der Waals surface area contributed by atoms with Crippen LogP contribution in [0.1, 0.15) is 41.1 Å². The van der Waals surface area contributed by atoms with Gasteiger partial charge in [0.2, 0.25) is 11.8 Å². The highest BCUT2D eigenvalue weighted by Crippen LogP contribution is 2.30. The van der Waals surface area contributed by atoms with E-state index in [-0.39, 0.29) is 23.2 Å². The Hall–Kier alpha value is -4.04. The second-order valence-electron chi connectivity index (χ2n) is 9.04. The molecule has 5 rings (SSSR count). The molecule has 2 heterocycles. The fraction of sp³-hybridized carbons (Fsp3) is 0.222. The molecule has 0 bridgehead atoms. The lowest BCUT2D eigenvalue weighted by atomic mass is 9.89. The average Bonchev–Trinajstić information content (AvgIpc) is 2.85. The van der Waals surface area contributed by atoms with Crippen molar-refractivity contribution in [3.8, 4) is 0 Å². The summed E-state index contributed by atoms with van der Waals surface area (Å²) in [7, 11) is 0. The van der Waals surface area contributed by atoms with Crippen LogP contribution < -0.4 is 26.8 Å². The lowest BCUT2D eigenvalue weighted by molar-refractivity contribution is -0.134. The third-order valence-electron chi connectivity index (χ3n) is 6.55. The van der Waals surface area contributed by atoms with Gasteiger partial charge in [0.05, 0.1) is 11.4 Å². The van der Waals surface area contributed by atoms with Gasteiger partial charge in [0.25, 0.3) is 10.9 Å². The minimum atomic E-state index is -0.578. The van der Waals surface area contributed by atoms with Gasteiger partial charge in [0, 0.05) is 34.8 Å². The SMILES string of the molecule is Cc1ccc(Nc2c(NCc3ccc4cc(C5CCC(=O)NC5=O)c(C)nc4c3)c(=O)c2=O)cc1Cl. The van der Waals surface area contributed by atoms with E-state index in [0.29, 0.717) is 30.1 Å². The van der Waals surface area contributed by atoms with Crippen LogP contribution in [0, 0.1) is 13.8 Å². The molecule has 8 nitrogen and oxygen atoms in total. The van der Waals surface area contributed by atoms with Gasteiger partial charge in [0.1, 0.15) is 11.4 Å². The summed E-state index contributed by atoms with van der Waals surface area (Å²) in [5, 5.41) is 9.89. The van der Waals surface area contributed by atoms with Crippen molar-refractivity contribution in [1.82, 2.24) is 10.3 Å².